The summed E-state index contributed by atoms with van der Waals surface area (Å²) >= 11 is 1.17. The number of hydrogen-bond acceptors (Lipinski definition) is 7. The average molecular weight is 307 g/mol. The van der Waals surface area contributed by atoms with Gasteiger partial charge in [0.25, 0.3) is 5.88 Å². The highest BCUT2D eigenvalue weighted by atomic mass is 32.1. The van der Waals surface area contributed by atoms with Gasteiger partial charge in [-0.05, 0) is 17.7 Å². The molecule has 0 bridgehead atoms. The van der Waals surface area contributed by atoms with Crippen LogP contribution in [0.15, 0.2) is 24.3 Å². The van der Waals surface area contributed by atoms with Crippen LogP contribution in [0.2, 0.25) is 0 Å². The number of methoxy groups -OCH3 is 1. The number of ether oxygens (including phenoxy) is 3. The molecule has 3 rings (SSSR count). The molecule has 0 saturated carbocycles. The first-order valence-corrected chi connectivity index (χ1v) is 7.51. The van der Waals surface area contributed by atoms with Crippen LogP contribution in [-0.4, -0.2) is 42.2 Å². The number of hydrogen-bond donors (Lipinski definition) is 0. The fourth-order valence-electron chi connectivity index (χ4n) is 2.15. The van der Waals surface area contributed by atoms with Crippen LogP contribution < -0.4 is 14.4 Å². The van der Waals surface area contributed by atoms with E-state index in [1.165, 1.54) is 11.7 Å². The summed E-state index contributed by atoms with van der Waals surface area (Å²) in [6.07, 6.45) is 0. The zero-order chi connectivity index (χ0) is 14.5. The Kier molecular flexibility index (Phi) is 4.52. The van der Waals surface area contributed by atoms with E-state index >= 15 is 0 Å². The van der Waals surface area contributed by atoms with E-state index in [9.17, 15) is 0 Å². The van der Waals surface area contributed by atoms with Gasteiger partial charge >= 0.3 is 0 Å². The van der Waals surface area contributed by atoms with Crippen molar-refractivity contribution in [2.45, 2.75) is 6.61 Å². The molecule has 2 aromatic rings. The summed E-state index contributed by atoms with van der Waals surface area (Å²) in [5.74, 6) is 2.22. The summed E-state index contributed by atoms with van der Waals surface area (Å²) in [6.45, 7) is 3.52. The summed E-state index contributed by atoms with van der Waals surface area (Å²) in [5, 5.41) is 0. The van der Waals surface area contributed by atoms with Gasteiger partial charge in [-0.3, -0.25) is 0 Å². The van der Waals surface area contributed by atoms with Crippen LogP contribution in [-0.2, 0) is 11.3 Å². The topological polar surface area (TPSA) is 56.7 Å². The third-order valence-corrected chi connectivity index (χ3v) is 3.76. The molecule has 2 heterocycles. The van der Waals surface area contributed by atoms with E-state index < -0.39 is 0 Å². The maximum Gasteiger partial charge on any atom is 0.271 e. The van der Waals surface area contributed by atoms with Crippen LogP contribution in [0, 0.1) is 0 Å². The van der Waals surface area contributed by atoms with E-state index in [1.807, 2.05) is 24.3 Å². The first-order valence-electron chi connectivity index (χ1n) is 6.78. The minimum atomic E-state index is 0.444. The summed E-state index contributed by atoms with van der Waals surface area (Å²) in [6, 6.07) is 7.80. The van der Waals surface area contributed by atoms with Crippen molar-refractivity contribution in [2.75, 3.05) is 38.3 Å². The maximum absolute atomic E-state index is 5.81. The predicted octanol–water partition coefficient (Wildman–Crippen LogP) is 1.96. The van der Waals surface area contributed by atoms with Crippen LogP contribution in [0.4, 0.5) is 5.82 Å². The van der Waals surface area contributed by atoms with Gasteiger partial charge < -0.3 is 19.1 Å². The Hall–Kier alpha value is -1.86. The van der Waals surface area contributed by atoms with Crippen molar-refractivity contribution in [2.24, 2.45) is 0 Å². The minimum absolute atomic E-state index is 0.444. The molecule has 0 aliphatic carbocycles. The van der Waals surface area contributed by atoms with Crippen LogP contribution in [0.5, 0.6) is 11.6 Å². The van der Waals surface area contributed by atoms with Crippen molar-refractivity contribution in [3.8, 4) is 11.6 Å². The molecule has 1 saturated heterocycles. The molecule has 21 heavy (non-hydrogen) atoms. The molecule has 0 atom stereocenters. The number of anilines is 1. The van der Waals surface area contributed by atoms with Crippen LogP contribution in [0.1, 0.15) is 5.56 Å². The van der Waals surface area contributed by atoms with Gasteiger partial charge in [0.05, 0.1) is 32.1 Å². The number of aromatic nitrogens is 2. The molecule has 1 aromatic heterocycles. The summed E-state index contributed by atoms with van der Waals surface area (Å²) < 4.78 is 25.0. The van der Waals surface area contributed by atoms with Gasteiger partial charge in [0, 0.05) is 13.1 Å². The number of rotatable bonds is 5. The molecule has 112 valence electrons. The van der Waals surface area contributed by atoms with Gasteiger partial charge in [-0.15, -0.1) is 4.37 Å². The second-order valence-electron chi connectivity index (χ2n) is 4.63. The van der Waals surface area contributed by atoms with Gasteiger partial charge in [0.2, 0.25) is 5.82 Å². The van der Waals surface area contributed by atoms with Gasteiger partial charge in [0.1, 0.15) is 12.4 Å². The van der Waals surface area contributed by atoms with Crippen LogP contribution in [0.25, 0.3) is 0 Å². The zero-order valence-corrected chi connectivity index (χ0v) is 12.6. The lowest BCUT2D eigenvalue weighted by Gasteiger charge is -2.26. The van der Waals surface area contributed by atoms with Crippen molar-refractivity contribution >= 4 is 17.5 Å². The lowest BCUT2D eigenvalue weighted by Crippen LogP contribution is -2.36. The van der Waals surface area contributed by atoms with Crippen LogP contribution in [0.3, 0.4) is 0 Å². The van der Waals surface area contributed by atoms with Crippen molar-refractivity contribution in [1.82, 2.24) is 8.75 Å². The van der Waals surface area contributed by atoms with Crippen molar-refractivity contribution < 1.29 is 14.2 Å². The van der Waals surface area contributed by atoms with E-state index in [2.05, 4.69) is 13.6 Å². The molecule has 0 spiro atoms. The first kappa shape index (κ1) is 14.1. The summed E-state index contributed by atoms with van der Waals surface area (Å²) in [7, 11) is 1.65. The van der Waals surface area contributed by atoms with E-state index in [4.69, 9.17) is 14.2 Å². The van der Waals surface area contributed by atoms with E-state index in [0.717, 1.165) is 30.2 Å². The Morgan fingerprint density at radius 2 is 2.14 bits per heavy atom. The largest absolute Gasteiger partial charge is 0.497 e. The molecule has 1 aliphatic heterocycles. The minimum Gasteiger partial charge on any atom is -0.497 e. The standard InChI is InChI=1S/C14H17N3O3S/c1-18-12-4-2-3-11(9-12)10-20-14-13(15-21-16-14)17-5-7-19-8-6-17/h2-4,9H,5-8,10H2,1H3. The van der Waals surface area contributed by atoms with Gasteiger partial charge in [-0.2, -0.15) is 4.37 Å². The lowest BCUT2D eigenvalue weighted by atomic mass is 10.2. The Bertz CT molecular complexity index is 584. The fourth-order valence-corrected chi connectivity index (χ4v) is 2.67. The van der Waals surface area contributed by atoms with Crippen molar-refractivity contribution in [3.63, 3.8) is 0 Å². The molecule has 0 radical (unpaired) electrons. The third-order valence-electron chi connectivity index (χ3n) is 3.26. The number of morpholine rings is 1. The quantitative estimate of drug-likeness (QED) is 0.841. The number of nitrogens with zero attached hydrogens (tertiary/aromatic N) is 3. The second-order valence-corrected chi connectivity index (χ2v) is 5.16. The first-order chi connectivity index (χ1) is 10.4. The lowest BCUT2D eigenvalue weighted by molar-refractivity contribution is 0.122. The van der Waals surface area contributed by atoms with E-state index in [1.54, 1.807) is 7.11 Å². The smallest absolute Gasteiger partial charge is 0.271 e. The molecule has 1 aromatic carbocycles. The Morgan fingerprint density at radius 3 is 2.95 bits per heavy atom. The van der Waals surface area contributed by atoms with Crippen molar-refractivity contribution in [3.05, 3.63) is 29.8 Å². The molecule has 0 amide bonds. The molecule has 6 nitrogen and oxygen atoms in total. The Labute approximate surface area is 127 Å². The molecular weight excluding hydrogens is 290 g/mol. The molecule has 0 unspecified atom stereocenters. The highest BCUT2D eigenvalue weighted by Gasteiger charge is 2.19. The molecule has 0 N–H and O–H groups in total. The second kappa shape index (κ2) is 6.73. The highest BCUT2D eigenvalue weighted by Crippen LogP contribution is 2.27. The SMILES string of the molecule is COc1cccc(COc2nsnc2N2CCOCC2)c1. The Balaban J connectivity index is 1.66. The van der Waals surface area contributed by atoms with Gasteiger partial charge in [-0.25, -0.2) is 0 Å². The summed E-state index contributed by atoms with van der Waals surface area (Å²) in [4.78, 5) is 2.15. The Morgan fingerprint density at radius 1 is 1.29 bits per heavy atom. The fraction of sp³-hybridized carbons (Fsp3) is 0.429. The maximum atomic E-state index is 5.81. The monoisotopic (exact) mass is 307 g/mol. The predicted molar refractivity (Wildman–Crippen MR) is 80.3 cm³/mol. The number of benzene rings is 1. The molecular formula is C14H17N3O3S. The highest BCUT2D eigenvalue weighted by molar-refractivity contribution is 6.99. The average Bonchev–Trinajstić information content (AvgIpc) is 3.02. The molecule has 1 fully saturated rings. The van der Waals surface area contributed by atoms with E-state index in [0.29, 0.717) is 25.7 Å². The van der Waals surface area contributed by atoms with E-state index in [-0.39, 0.29) is 0 Å². The van der Waals surface area contributed by atoms with Gasteiger partial charge in [0.15, 0.2) is 0 Å². The normalized spacial score (nSPS) is 15.0. The third kappa shape index (κ3) is 3.43. The summed E-state index contributed by atoms with van der Waals surface area (Å²) in [5.41, 5.74) is 1.04. The zero-order valence-electron chi connectivity index (χ0n) is 11.8. The van der Waals surface area contributed by atoms with Crippen LogP contribution >= 0.6 is 11.7 Å². The molecule has 1 aliphatic rings. The van der Waals surface area contributed by atoms with Crippen molar-refractivity contribution in [1.29, 1.82) is 0 Å². The van der Waals surface area contributed by atoms with Gasteiger partial charge in [-0.1, -0.05) is 12.1 Å². The molecule has 7 heteroatoms.